The standard InChI is InChI=1S/C46H90N2O3S/c1-5-9-11-13-15-17-19-21-23-25-27-29-31-33-35-37-41-49-43-45(44-51-46(52)47-39-40-48(7-3)8-4)50-42-38-36-34-32-30-28-26-24-22-20-18-16-14-12-10-6-2/h21-24,45H,5-20,25-44H2,1-4H3,(H,47,52). The van der Waals surface area contributed by atoms with Crippen molar-refractivity contribution in [3.63, 3.8) is 0 Å². The molecule has 308 valence electrons. The number of ether oxygens (including phenoxy) is 3. The van der Waals surface area contributed by atoms with Gasteiger partial charge in [-0.15, -0.1) is 0 Å². The van der Waals surface area contributed by atoms with E-state index in [0.29, 0.717) is 18.4 Å². The summed E-state index contributed by atoms with van der Waals surface area (Å²) in [5.41, 5.74) is 0. The SMILES string of the molecule is CCCCCCCCC=CCCCCCCCCOCC(COC(=S)NCCN(CC)CC)OCCCCCCCCC=CCCCCCCCC. The number of rotatable bonds is 42. The summed E-state index contributed by atoms with van der Waals surface area (Å²) in [5, 5.41) is 3.72. The summed E-state index contributed by atoms with van der Waals surface area (Å²) in [5.74, 6) is 0. The van der Waals surface area contributed by atoms with E-state index in [4.69, 9.17) is 26.4 Å². The maximum atomic E-state index is 6.26. The average molecular weight is 751 g/mol. The van der Waals surface area contributed by atoms with Gasteiger partial charge in [-0.05, 0) is 89.5 Å². The lowest BCUT2D eigenvalue weighted by molar-refractivity contribution is -0.0412. The van der Waals surface area contributed by atoms with Gasteiger partial charge in [-0.1, -0.05) is 168 Å². The first-order valence-corrected chi connectivity index (χ1v) is 23.2. The molecule has 0 aliphatic rings. The number of hydrogen-bond donors (Lipinski definition) is 1. The second-order valence-corrected chi connectivity index (χ2v) is 15.4. The summed E-state index contributed by atoms with van der Waals surface area (Å²) < 4.78 is 18.3. The number of unbranched alkanes of at least 4 members (excludes halogenated alkanes) is 24. The van der Waals surface area contributed by atoms with Crippen LogP contribution >= 0.6 is 12.2 Å². The maximum absolute atomic E-state index is 6.26. The van der Waals surface area contributed by atoms with Crippen molar-refractivity contribution in [1.82, 2.24) is 10.2 Å². The van der Waals surface area contributed by atoms with Gasteiger partial charge in [-0.25, -0.2) is 0 Å². The van der Waals surface area contributed by atoms with Gasteiger partial charge in [0.1, 0.15) is 12.7 Å². The van der Waals surface area contributed by atoms with E-state index >= 15 is 0 Å². The minimum Gasteiger partial charge on any atom is -0.468 e. The van der Waals surface area contributed by atoms with Gasteiger partial charge in [0.15, 0.2) is 0 Å². The van der Waals surface area contributed by atoms with Gasteiger partial charge in [-0.3, -0.25) is 0 Å². The molecule has 0 aliphatic carbocycles. The molecular formula is C46H90N2O3S. The first-order chi connectivity index (χ1) is 25.7. The van der Waals surface area contributed by atoms with Crippen LogP contribution in [0.15, 0.2) is 24.3 Å². The fourth-order valence-electron chi connectivity index (χ4n) is 6.49. The van der Waals surface area contributed by atoms with Crippen molar-refractivity contribution < 1.29 is 14.2 Å². The Morgan fingerprint density at radius 1 is 0.519 bits per heavy atom. The molecule has 0 saturated heterocycles. The van der Waals surface area contributed by atoms with Gasteiger partial charge in [-0.2, -0.15) is 0 Å². The van der Waals surface area contributed by atoms with Crippen LogP contribution in [-0.4, -0.2) is 68.8 Å². The molecule has 0 radical (unpaired) electrons. The third-order valence-electron chi connectivity index (χ3n) is 10.1. The van der Waals surface area contributed by atoms with E-state index in [1.807, 2.05) is 0 Å². The smallest absolute Gasteiger partial charge is 0.256 e. The van der Waals surface area contributed by atoms with Crippen LogP contribution in [0.3, 0.4) is 0 Å². The topological polar surface area (TPSA) is 43.0 Å². The van der Waals surface area contributed by atoms with Crippen LogP contribution in [-0.2, 0) is 14.2 Å². The van der Waals surface area contributed by atoms with Gasteiger partial charge in [0.05, 0.1) is 6.61 Å². The van der Waals surface area contributed by atoms with Crippen molar-refractivity contribution in [2.75, 3.05) is 52.6 Å². The minimum atomic E-state index is -0.0835. The zero-order valence-corrected chi connectivity index (χ0v) is 36.2. The Bertz CT molecular complexity index is 758. The molecule has 0 saturated carbocycles. The van der Waals surface area contributed by atoms with Crippen LogP contribution in [0.5, 0.6) is 0 Å². The highest BCUT2D eigenvalue weighted by atomic mass is 32.1. The van der Waals surface area contributed by atoms with Crippen LogP contribution in [0.4, 0.5) is 0 Å². The Morgan fingerprint density at radius 2 is 0.923 bits per heavy atom. The fraction of sp³-hybridized carbons (Fsp3) is 0.891. The molecule has 0 heterocycles. The molecule has 5 nitrogen and oxygen atoms in total. The summed E-state index contributed by atoms with van der Waals surface area (Å²) in [4.78, 5) is 2.38. The molecule has 0 aliphatic heterocycles. The number of hydrogen-bond acceptors (Lipinski definition) is 5. The van der Waals surface area contributed by atoms with Crippen LogP contribution in [0.2, 0.25) is 0 Å². The highest BCUT2D eigenvalue weighted by molar-refractivity contribution is 7.80. The molecule has 1 unspecified atom stereocenters. The van der Waals surface area contributed by atoms with E-state index in [9.17, 15) is 0 Å². The van der Waals surface area contributed by atoms with E-state index in [2.05, 4.69) is 62.2 Å². The van der Waals surface area contributed by atoms with Crippen molar-refractivity contribution in [2.24, 2.45) is 0 Å². The zero-order chi connectivity index (χ0) is 37.8. The number of thiocarbonyl (C=S) groups is 1. The quantitative estimate of drug-likeness (QED) is 0.0381. The van der Waals surface area contributed by atoms with Crippen molar-refractivity contribution in [3.05, 3.63) is 24.3 Å². The normalized spacial score (nSPS) is 12.5. The maximum Gasteiger partial charge on any atom is 0.256 e. The summed E-state index contributed by atoms with van der Waals surface area (Å²) in [6.45, 7) is 15.4. The fourth-order valence-corrected chi connectivity index (χ4v) is 6.66. The number of likely N-dealkylation sites (N-methyl/N-ethyl adjacent to an activating group) is 1. The molecule has 1 N–H and O–H groups in total. The van der Waals surface area contributed by atoms with Crippen LogP contribution in [0.25, 0.3) is 0 Å². The van der Waals surface area contributed by atoms with Crippen LogP contribution < -0.4 is 5.32 Å². The Morgan fingerprint density at radius 3 is 1.37 bits per heavy atom. The lowest BCUT2D eigenvalue weighted by atomic mass is 10.1. The molecule has 0 bridgehead atoms. The van der Waals surface area contributed by atoms with Crippen LogP contribution in [0.1, 0.15) is 207 Å². The molecule has 1 atom stereocenters. The monoisotopic (exact) mass is 751 g/mol. The van der Waals surface area contributed by atoms with E-state index in [0.717, 1.165) is 52.2 Å². The highest BCUT2D eigenvalue weighted by Crippen LogP contribution is 2.12. The van der Waals surface area contributed by atoms with E-state index in [1.54, 1.807) is 0 Å². The van der Waals surface area contributed by atoms with Gasteiger partial charge < -0.3 is 24.4 Å². The second kappa shape index (κ2) is 44.4. The lowest BCUT2D eigenvalue weighted by Gasteiger charge is -2.21. The van der Waals surface area contributed by atoms with Crippen LogP contribution in [0, 0.1) is 0 Å². The van der Waals surface area contributed by atoms with Crippen molar-refractivity contribution in [1.29, 1.82) is 0 Å². The summed E-state index contributed by atoms with van der Waals surface area (Å²) in [6.07, 6.45) is 46.5. The molecule has 0 spiro atoms. The van der Waals surface area contributed by atoms with E-state index in [1.165, 1.54) is 167 Å². The molecule has 0 fully saturated rings. The predicted octanol–water partition coefficient (Wildman–Crippen LogP) is 13.7. The molecule has 52 heavy (non-hydrogen) atoms. The van der Waals surface area contributed by atoms with Crippen molar-refractivity contribution in [3.8, 4) is 0 Å². The summed E-state index contributed by atoms with van der Waals surface area (Å²) in [7, 11) is 0. The highest BCUT2D eigenvalue weighted by Gasteiger charge is 2.12. The van der Waals surface area contributed by atoms with Crippen molar-refractivity contribution >= 4 is 17.4 Å². The average Bonchev–Trinajstić information content (AvgIpc) is 3.15. The first-order valence-electron chi connectivity index (χ1n) is 22.8. The molecular weight excluding hydrogens is 661 g/mol. The zero-order valence-electron chi connectivity index (χ0n) is 35.4. The predicted molar refractivity (Wildman–Crippen MR) is 234 cm³/mol. The molecule has 0 rings (SSSR count). The van der Waals surface area contributed by atoms with Gasteiger partial charge in [0.2, 0.25) is 0 Å². The van der Waals surface area contributed by atoms with Crippen molar-refractivity contribution in [2.45, 2.75) is 214 Å². The molecule has 0 aromatic carbocycles. The molecule has 0 aromatic heterocycles. The van der Waals surface area contributed by atoms with Gasteiger partial charge in [0, 0.05) is 26.3 Å². The summed E-state index contributed by atoms with van der Waals surface area (Å²) in [6, 6.07) is 0. The Kier molecular flexibility index (Phi) is 43.6. The molecule has 0 aromatic rings. The van der Waals surface area contributed by atoms with Gasteiger partial charge in [0.25, 0.3) is 5.17 Å². The van der Waals surface area contributed by atoms with E-state index < -0.39 is 0 Å². The molecule has 6 heteroatoms. The third-order valence-corrected chi connectivity index (χ3v) is 10.4. The Balaban J connectivity index is 4.05. The summed E-state index contributed by atoms with van der Waals surface area (Å²) >= 11 is 5.46. The first kappa shape index (κ1) is 51.0. The Labute approximate surface area is 331 Å². The lowest BCUT2D eigenvalue weighted by Crippen LogP contribution is -2.36. The third kappa shape index (κ3) is 40.2. The van der Waals surface area contributed by atoms with Gasteiger partial charge >= 0.3 is 0 Å². The molecule has 0 amide bonds. The number of allylic oxidation sites excluding steroid dienone is 4. The van der Waals surface area contributed by atoms with E-state index in [-0.39, 0.29) is 6.10 Å². The second-order valence-electron chi connectivity index (χ2n) is 15.0. The largest absolute Gasteiger partial charge is 0.468 e. The minimum absolute atomic E-state index is 0.0835. The number of nitrogens with one attached hydrogen (secondary N) is 1. The Hall–Kier alpha value is -0.950. The number of nitrogens with zero attached hydrogens (tertiary/aromatic N) is 1.